The van der Waals surface area contributed by atoms with Crippen LogP contribution in [0.15, 0.2) is 53.5 Å². The molecule has 2 rings (SSSR count). The van der Waals surface area contributed by atoms with Gasteiger partial charge in [0.25, 0.3) is 0 Å². The second kappa shape index (κ2) is 13.7. The maximum Gasteiger partial charge on any atom is 0.319 e. The summed E-state index contributed by atoms with van der Waals surface area (Å²) in [7, 11) is 1.73. The predicted molar refractivity (Wildman–Crippen MR) is 134 cm³/mol. The van der Waals surface area contributed by atoms with Crippen molar-refractivity contribution in [1.29, 1.82) is 0 Å². The number of guanidine groups is 1. The Morgan fingerprint density at radius 1 is 1.03 bits per heavy atom. The second-order valence-corrected chi connectivity index (χ2v) is 6.96. The number of aryl methyl sites for hydroxylation is 1. The van der Waals surface area contributed by atoms with Crippen LogP contribution in [0, 0.1) is 6.92 Å². The van der Waals surface area contributed by atoms with E-state index in [9.17, 15) is 4.79 Å². The summed E-state index contributed by atoms with van der Waals surface area (Å²) in [6.07, 6.45) is 0. The number of aliphatic imine (C=N–C) groups is 1. The normalized spacial score (nSPS) is 10.8. The van der Waals surface area contributed by atoms with Gasteiger partial charge < -0.3 is 26.0 Å². The highest BCUT2D eigenvalue weighted by molar-refractivity contribution is 14.0. The molecule has 0 saturated heterocycles. The SMILES string of the molecule is CN=C(NCCOc1ccc(C)cc1)NCc1ccc(NC(=O)NC(C)C)cc1.I. The third-order valence-corrected chi connectivity index (χ3v) is 4.00. The van der Waals surface area contributed by atoms with Crippen LogP contribution in [0.2, 0.25) is 0 Å². The molecule has 0 radical (unpaired) electrons. The van der Waals surface area contributed by atoms with Gasteiger partial charge in [0.1, 0.15) is 12.4 Å². The summed E-state index contributed by atoms with van der Waals surface area (Å²) in [5.41, 5.74) is 3.05. The van der Waals surface area contributed by atoms with Crippen LogP contribution < -0.4 is 26.0 Å². The zero-order valence-corrected chi connectivity index (χ0v) is 20.3. The predicted octanol–water partition coefficient (Wildman–Crippen LogP) is 3.89. The fourth-order valence-corrected chi connectivity index (χ4v) is 2.51. The summed E-state index contributed by atoms with van der Waals surface area (Å²) >= 11 is 0. The van der Waals surface area contributed by atoms with Gasteiger partial charge in [0.05, 0.1) is 6.54 Å². The van der Waals surface area contributed by atoms with E-state index >= 15 is 0 Å². The first-order valence-corrected chi connectivity index (χ1v) is 9.76. The second-order valence-electron chi connectivity index (χ2n) is 6.96. The highest BCUT2D eigenvalue weighted by Crippen LogP contribution is 2.11. The van der Waals surface area contributed by atoms with Crippen molar-refractivity contribution in [2.45, 2.75) is 33.4 Å². The Labute approximate surface area is 196 Å². The fourth-order valence-electron chi connectivity index (χ4n) is 2.51. The van der Waals surface area contributed by atoms with Crippen LogP contribution in [-0.2, 0) is 6.54 Å². The van der Waals surface area contributed by atoms with Gasteiger partial charge in [0.2, 0.25) is 0 Å². The number of amides is 2. The van der Waals surface area contributed by atoms with Crippen LogP contribution >= 0.6 is 24.0 Å². The minimum absolute atomic E-state index is 0. The summed E-state index contributed by atoms with van der Waals surface area (Å²) in [5, 5.41) is 12.1. The van der Waals surface area contributed by atoms with Crippen molar-refractivity contribution in [2.75, 3.05) is 25.5 Å². The molecule has 2 aromatic carbocycles. The molecule has 0 saturated carbocycles. The first-order valence-electron chi connectivity index (χ1n) is 9.76. The number of nitrogens with one attached hydrogen (secondary N) is 4. The minimum Gasteiger partial charge on any atom is -0.492 e. The van der Waals surface area contributed by atoms with E-state index in [4.69, 9.17) is 4.74 Å². The maximum absolute atomic E-state index is 11.7. The molecule has 0 unspecified atom stereocenters. The topological polar surface area (TPSA) is 86.8 Å². The van der Waals surface area contributed by atoms with Crippen molar-refractivity contribution in [2.24, 2.45) is 4.99 Å². The van der Waals surface area contributed by atoms with Gasteiger partial charge in [-0.1, -0.05) is 29.8 Å². The van der Waals surface area contributed by atoms with Crippen LogP contribution in [0.3, 0.4) is 0 Å². The van der Waals surface area contributed by atoms with E-state index in [0.29, 0.717) is 25.7 Å². The van der Waals surface area contributed by atoms with Gasteiger partial charge in [-0.25, -0.2) is 4.79 Å². The van der Waals surface area contributed by atoms with Gasteiger partial charge in [-0.15, -0.1) is 24.0 Å². The number of halogens is 1. The Balaban J connectivity index is 0.00000450. The number of benzene rings is 2. The minimum atomic E-state index is -0.205. The molecule has 2 aromatic rings. The lowest BCUT2D eigenvalue weighted by atomic mass is 10.2. The molecular formula is C22H32IN5O2. The Hall–Kier alpha value is -2.49. The van der Waals surface area contributed by atoms with Crippen molar-refractivity contribution >= 4 is 41.7 Å². The van der Waals surface area contributed by atoms with Crippen molar-refractivity contribution in [1.82, 2.24) is 16.0 Å². The number of ether oxygens (including phenoxy) is 1. The number of hydrogen-bond donors (Lipinski definition) is 4. The molecule has 0 atom stereocenters. The van der Waals surface area contributed by atoms with E-state index in [1.807, 2.05) is 62.4 Å². The fraction of sp³-hybridized carbons (Fsp3) is 0.364. The lowest BCUT2D eigenvalue weighted by molar-refractivity contribution is 0.250. The summed E-state index contributed by atoms with van der Waals surface area (Å²) in [6, 6.07) is 15.6. The molecule has 0 aliphatic rings. The van der Waals surface area contributed by atoms with Crippen molar-refractivity contribution in [3.05, 3.63) is 59.7 Å². The van der Waals surface area contributed by atoms with Crippen LogP contribution in [0.4, 0.5) is 10.5 Å². The number of carbonyl (C=O) groups is 1. The Morgan fingerprint density at radius 2 is 1.70 bits per heavy atom. The Kier molecular flexibility index (Phi) is 11.7. The lowest BCUT2D eigenvalue weighted by Gasteiger charge is -2.13. The Bertz CT molecular complexity index is 792. The van der Waals surface area contributed by atoms with Crippen molar-refractivity contribution < 1.29 is 9.53 Å². The third kappa shape index (κ3) is 9.82. The molecule has 0 aliphatic carbocycles. The molecule has 0 fully saturated rings. The highest BCUT2D eigenvalue weighted by Gasteiger charge is 2.04. The monoisotopic (exact) mass is 525 g/mol. The summed E-state index contributed by atoms with van der Waals surface area (Å²) in [6.45, 7) is 7.70. The highest BCUT2D eigenvalue weighted by atomic mass is 127. The van der Waals surface area contributed by atoms with Gasteiger partial charge in [-0.2, -0.15) is 0 Å². The molecular weight excluding hydrogens is 493 g/mol. The smallest absolute Gasteiger partial charge is 0.319 e. The average Bonchev–Trinajstić information content (AvgIpc) is 2.69. The molecule has 7 nitrogen and oxygen atoms in total. The maximum atomic E-state index is 11.7. The quantitative estimate of drug-likeness (QED) is 0.182. The molecule has 8 heteroatoms. The standard InChI is InChI=1S/C22H31N5O2.HI/c1-16(2)26-22(28)27-19-9-7-18(8-10-19)15-25-21(23-4)24-13-14-29-20-11-5-17(3)6-12-20;/h5-12,16H,13-15H2,1-4H3,(H2,23,24,25)(H2,26,27,28);1H. The largest absolute Gasteiger partial charge is 0.492 e. The van der Waals surface area contributed by atoms with Crippen LogP contribution in [0.1, 0.15) is 25.0 Å². The number of nitrogens with zero attached hydrogens (tertiary/aromatic N) is 1. The third-order valence-electron chi connectivity index (χ3n) is 4.00. The van der Waals surface area contributed by atoms with Gasteiger partial charge in [0.15, 0.2) is 5.96 Å². The van der Waals surface area contributed by atoms with E-state index in [1.165, 1.54) is 5.56 Å². The van der Waals surface area contributed by atoms with Crippen LogP contribution in [0.25, 0.3) is 0 Å². The van der Waals surface area contributed by atoms with Gasteiger partial charge >= 0.3 is 6.03 Å². The van der Waals surface area contributed by atoms with Gasteiger partial charge in [-0.3, -0.25) is 4.99 Å². The zero-order chi connectivity index (χ0) is 21.1. The molecule has 0 aromatic heterocycles. The lowest BCUT2D eigenvalue weighted by Crippen LogP contribution is -2.38. The van der Waals surface area contributed by atoms with E-state index in [-0.39, 0.29) is 36.0 Å². The van der Waals surface area contributed by atoms with Crippen LogP contribution in [-0.4, -0.2) is 38.2 Å². The molecule has 4 N–H and O–H groups in total. The first-order chi connectivity index (χ1) is 14.0. The van der Waals surface area contributed by atoms with Gasteiger partial charge in [0, 0.05) is 25.3 Å². The molecule has 0 bridgehead atoms. The Morgan fingerprint density at radius 3 is 2.30 bits per heavy atom. The number of anilines is 1. The molecule has 2 amide bonds. The van der Waals surface area contributed by atoms with Crippen molar-refractivity contribution in [3.63, 3.8) is 0 Å². The molecule has 0 aliphatic heterocycles. The van der Waals surface area contributed by atoms with Gasteiger partial charge in [-0.05, 0) is 50.6 Å². The van der Waals surface area contributed by atoms with E-state index in [1.54, 1.807) is 7.05 Å². The van der Waals surface area contributed by atoms with Crippen LogP contribution in [0.5, 0.6) is 5.75 Å². The van der Waals surface area contributed by atoms with Crippen molar-refractivity contribution in [3.8, 4) is 5.75 Å². The summed E-state index contributed by atoms with van der Waals surface area (Å²) < 4.78 is 5.70. The number of rotatable bonds is 8. The van der Waals surface area contributed by atoms with E-state index < -0.39 is 0 Å². The molecule has 0 heterocycles. The average molecular weight is 525 g/mol. The zero-order valence-electron chi connectivity index (χ0n) is 18.0. The number of carbonyl (C=O) groups excluding carboxylic acids is 1. The summed E-state index contributed by atoms with van der Waals surface area (Å²) in [5.74, 6) is 1.56. The number of urea groups is 1. The van der Waals surface area contributed by atoms with E-state index in [2.05, 4.69) is 33.2 Å². The molecule has 30 heavy (non-hydrogen) atoms. The molecule has 164 valence electrons. The first kappa shape index (κ1) is 25.5. The van der Waals surface area contributed by atoms with E-state index in [0.717, 1.165) is 17.0 Å². The number of hydrogen-bond acceptors (Lipinski definition) is 3. The molecule has 0 spiro atoms. The summed E-state index contributed by atoms with van der Waals surface area (Å²) in [4.78, 5) is 15.9.